The maximum absolute atomic E-state index is 12.7. The highest BCUT2D eigenvalue weighted by Gasteiger charge is 2.53. The zero-order valence-electron chi connectivity index (χ0n) is 19.5. The number of imidazole rings is 1. The Morgan fingerprint density at radius 3 is 2.47 bits per heavy atom. The van der Waals surface area contributed by atoms with Gasteiger partial charge in [-0.3, -0.25) is 9.36 Å². The molecule has 4 atom stereocenters. The van der Waals surface area contributed by atoms with Gasteiger partial charge in [0.15, 0.2) is 32.1 Å². The van der Waals surface area contributed by atoms with Crippen LogP contribution in [-0.4, -0.2) is 72.1 Å². The number of carbonyl (C=O) groups excluding carboxylic acids is 2. The quantitative estimate of drug-likeness (QED) is 0.460. The molecule has 1 aliphatic rings. The minimum atomic E-state index is -2.36. The number of fused-ring (bicyclic) bond motifs is 1. The molecule has 0 saturated carbocycles. The molecule has 1 saturated heterocycles. The number of urea groups is 1. The fraction of sp³-hybridized carbons (Fsp3) is 0.632. The van der Waals surface area contributed by atoms with Crippen LogP contribution in [0.1, 0.15) is 27.0 Å². The molecule has 0 aromatic carbocycles. The number of likely N-dealkylation sites (N-methyl/N-ethyl adjacent to an activating group) is 1. The first kappa shape index (κ1) is 23.9. The van der Waals surface area contributed by atoms with Gasteiger partial charge >= 0.3 is 6.03 Å². The highest BCUT2D eigenvalue weighted by molar-refractivity contribution is 6.74. The predicted molar refractivity (Wildman–Crippen MR) is 121 cm³/mol. The number of hydrogen-bond donors (Lipinski definition) is 4. The van der Waals surface area contributed by atoms with E-state index in [-0.39, 0.29) is 5.04 Å². The number of ether oxygens (including phenoxy) is 1. The summed E-state index contributed by atoms with van der Waals surface area (Å²) in [6, 6.07) is -1.58. The molecule has 0 radical (unpaired) electrons. The third kappa shape index (κ3) is 4.27. The molecule has 2 aromatic heterocycles. The van der Waals surface area contributed by atoms with Crippen LogP contribution in [0, 0.1) is 0 Å². The molecule has 13 heteroatoms. The number of amides is 3. The molecule has 1 fully saturated rings. The number of primary amides is 1. The first-order valence-corrected chi connectivity index (χ1v) is 13.3. The van der Waals surface area contributed by atoms with Gasteiger partial charge in [0, 0.05) is 14.1 Å². The minimum absolute atomic E-state index is 0.127. The lowest BCUT2D eigenvalue weighted by atomic mass is 10.1. The average Bonchev–Trinajstić information content (AvgIpc) is 3.27. The molecule has 1 aliphatic heterocycles. The Kier molecular flexibility index (Phi) is 6.44. The fourth-order valence-electron chi connectivity index (χ4n) is 3.44. The van der Waals surface area contributed by atoms with Crippen molar-refractivity contribution in [2.24, 2.45) is 5.73 Å². The van der Waals surface area contributed by atoms with Crippen LogP contribution in [0.25, 0.3) is 11.2 Å². The van der Waals surface area contributed by atoms with Crippen LogP contribution in [-0.2, 0) is 14.0 Å². The third-order valence-corrected chi connectivity index (χ3v) is 10.6. The van der Waals surface area contributed by atoms with E-state index in [0.717, 1.165) is 0 Å². The molecule has 0 spiro atoms. The van der Waals surface area contributed by atoms with Gasteiger partial charge in [-0.15, -0.1) is 0 Å². The summed E-state index contributed by atoms with van der Waals surface area (Å²) in [5, 5.41) is 8.11. The van der Waals surface area contributed by atoms with Crippen LogP contribution in [0.5, 0.6) is 0 Å². The molecule has 2 aromatic rings. The van der Waals surface area contributed by atoms with Gasteiger partial charge < -0.3 is 30.8 Å². The van der Waals surface area contributed by atoms with Crippen LogP contribution >= 0.6 is 0 Å². The molecule has 3 rings (SSSR count). The standard InChI is InChI=1S/C19H32N8O4Si/c1-19(2,3)32(6,7)31-13-10(26-18(20)29)12(16(28)22-5)30-17(13)27-9-25-11-14(21-4)23-8-24-15(11)27/h8-10,12-13,17H,1-7H3,(H,22,28)(H3,20,26,29)(H,21,23,24)/t10-,12+,13-,17-/m1/s1. The van der Waals surface area contributed by atoms with Gasteiger partial charge in [-0.2, -0.15) is 0 Å². The van der Waals surface area contributed by atoms with Gasteiger partial charge in [-0.1, -0.05) is 20.8 Å². The summed E-state index contributed by atoms with van der Waals surface area (Å²) in [6.45, 7) is 10.5. The summed E-state index contributed by atoms with van der Waals surface area (Å²) in [7, 11) is 0.884. The number of hydrogen-bond acceptors (Lipinski definition) is 8. The van der Waals surface area contributed by atoms with E-state index in [2.05, 4.69) is 64.8 Å². The van der Waals surface area contributed by atoms with Gasteiger partial charge in [0.2, 0.25) is 0 Å². The van der Waals surface area contributed by atoms with E-state index in [4.69, 9.17) is 14.9 Å². The Morgan fingerprint density at radius 1 is 1.22 bits per heavy atom. The van der Waals surface area contributed by atoms with Crippen molar-refractivity contribution in [3.05, 3.63) is 12.7 Å². The molecule has 12 nitrogen and oxygen atoms in total. The normalized spacial score (nSPS) is 23.8. The fourth-order valence-corrected chi connectivity index (χ4v) is 4.74. The molecule has 0 aliphatic carbocycles. The zero-order chi connectivity index (χ0) is 23.8. The lowest BCUT2D eigenvalue weighted by Crippen LogP contribution is -2.57. The summed E-state index contributed by atoms with van der Waals surface area (Å²) in [5.74, 6) is 0.160. The SMILES string of the molecule is CNC(=O)[C@H]1O[C@@H](n2cnc3c(NC)ncnc32)[C@H](O[Si](C)(C)C(C)(C)C)[C@@H]1NC(N)=O. The topological polar surface area (TPSA) is 158 Å². The van der Waals surface area contributed by atoms with Crippen molar-refractivity contribution < 1.29 is 18.8 Å². The lowest BCUT2D eigenvalue weighted by Gasteiger charge is -2.40. The van der Waals surface area contributed by atoms with Crippen LogP contribution in [0.3, 0.4) is 0 Å². The van der Waals surface area contributed by atoms with Gasteiger partial charge in [-0.05, 0) is 18.1 Å². The van der Waals surface area contributed by atoms with Crippen molar-refractivity contribution in [2.75, 3.05) is 19.4 Å². The Morgan fingerprint density at radius 2 is 1.91 bits per heavy atom. The van der Waals surface area contributed by atoms with Crippen molar-refractivity contribution in [2.45, 2.75) is 63.4 Å². The van der Waals surface area contributed by atoms with Crippen molar-refractivity contribution in [1.29, 1.82) is 0 Å². The minimum Gasteiger partial charge on any atom is -0.407 e. The van der Waals surface area contributed by atoms with E-state index in [1.165, 1.54) is 13.4 Å². The zero-order valence-corrected chi connectivity index (χ0v) is 20.5. The van der Waals surface area contributed by atoms with Crippen molar-refractivity contribution in [1.82, 2.24) is 30.2 Å². The molecule has 5 N–H and O–H groups in total. The molecule has 32 heavy (non-hydrogen) atoms. The van der Waals surface area contributed by atoms with Crippen molar-refractivity contribution in [3.8, 4) is 0 Å². The first-order valence-electron chi connectivity index (χ1n) is 10.4. The van der Waals surface area contributed by atoms with Crippen molar-refractivity contribution in [3.63, 3.8) is 0 Å². The summed E-state index contributed by atoms with van der Waals surface area (Å²) in [4.78, 5) is 37.5. The second-order valence-corrected chi connectivity index (χ2v) is 14.0. The number of aromatic nitrogens is 4. The second-order valence-electron chi connectivity index (χ2n) is 9.23. The van der Waals surface area contributed by atoms with Crippen LogP contribution in [0.15, 0.2) is 12.7 Å². The van der Waals surface area contributed by atoms with E-state index in [1.54, 1.807) is 17.9 Å². The maximum atomic E-state index is 12.7. The Hall–Kier alpha value is -2.77. The van der Waals surface area contributed by atoms with Gasteiger partial charge in [0.05, 0.1) is 12.4 Å². The third-order valence-electron chi connectivity index (χ3n) is 6.17. The number of nitrogens with zero attached hydrogens (tertiary/aromatic N) is 4. The van der Waals surface area contributed by atoms with E-state index in [1.807, 2.05) is 0 Å². The van der Waals surface area contributed by atoms with Gasteiger partial charge in [-0.25, -0.2) is 19.7 Å². The average molecular weight is 465 g/mol. The molecule has 3 heterocycles. The largest absolute Gasteiger partial charge is 0.407 e. The molecule has 0 bridgehead atoms. The summed E-state index contributed by atoms with van der Waals surface area (Å²) >= 11 is 0. The number of carbonyl (C=O) groups is 2. The molecular formula is C19H32N8O4Si. The Bertz CT molecular complexity index is 1000. The molecular weight excluding hydrogens is 432 g/mol. The summed E-state index contributed by atoms with van der Waals surface area (Å²) in [6.07, 6.45) is 0.472. The molecule has 0 unspecified atom stereocenters. The first-order chi connectivity index (χ1) is 14.9. The molecule has 3 amide bonds. The monoisotopic (exact) mass is 464 g/mol. The predicted octanol–water partition coefficient (Wildman–Crippen LogP) is 0.939. The van der Waals surface area contributed by atoms with E-state index in [9.17, 15) is 9.59 Å². The smallest absolute Gasteiger partial charge is 0.312 e. The summed E-state index contributed by atoms with van der Waals surface area (Å²) < 4.78 is 14.6. The lowest BCUT2D eigenvalue weighted by molar-refractivity contribution is -0.134. The van der Waals surface area contributed by atoms with Crippen LogP contribution < -0.4 is 21.7 Å². The van der Waals surface area contributed by atoms with Gasteiger partial charge in [0.25, 0.3) is 5.91 Å². The van der Waals surface area contributed by atoms with E-state index in [0.29, 0.717) is 17.0 Å². The number of anilines is 1. The number of nitrogens with two attached hydrogens (primary N) is 1. The Labute approximate surface area is 187 Å². The van der Waals surface area contributed by atoms with E-state index < -0.39 is 44.7 Å². The Balaban J connectivity index is 2.13. The van der Waals surface area contributed by atoms with Crippen LogP contribution in [0.2, 0.25) is 18.1 Å². The number of rotatable bonds is 6. The summed E-state index contributed by atoms with van der Waals surface area (Å²) in [5.41, 5.74) is 6.51. The molecule has 176 valence electrons. The highest BCUT2D eigenvalue weighted by Crippen LogP contribution is 2.42. The van der Waals surface area contributed by atoms with Crippen LogP contribution in [0.4, 0.5) is 10.6 Å². The van der Waals surface area contributed by atoms with Crippen molar-refractivity contribution >= 4 is 37.2 Å². The highest BCUT2D eigenvalue weighted by atomic mass is 28.4. The van der Waals surface area contributed by atoms with Gasteiger partial charge in [0.1, 0.15) is 17.9 Å². The second kappa shape index (κ2) is 8.63. The number of nitrogens with one attached hydrogen (secondary N) is 3. The maximum Gasteiger partial charge on any atom is 0.312 e. The van der Waals surface area contributed by atoms with E-state index >= 15 is 0 Å².